The van der Waals surface area contributed by atoms with Crippen LogP contribution in [-0.4, -0.2) is 49.1 Å². The number of amides is 1. The van der Waals surface area contributed by atoms with Crippen molar-refractivity contribution in [3.8, 4) is 0 Å². The van der Waals surface area contributed by atoms with Gasteiger partial charge in [0.25, 0.3) is 0 Å². The lowest BCUT2D eigenvalue weighted by atomic mass is 9.84. The van der Waals surface area contributed by atoms with Crippen LogP contribution in [0.15, 0.2) is 0 Å². The third kappa shape index (κ3) is 2.86. The highest BCUT2D eigenvalue weighted by Gasteiger charge is 2.42. The van der Waals surface area contributed by atoms with Gasteiger partial charge in [0.1, 0.15) is 0 Å². The molecule has 2 saturated carbocycles. The van der Waals surface area contributed by atoms with Crippen LogP contribution in [0.3, 0.4) is 0 Å². The standard InChI is InChI=1S/C16H29N3O/c1-11(15-10-13-3-4-14(15)9-13)18-16(20)12(2)19-7-5-17-6-8-19/h11-15,17H,3-10H2,1-2H3,(H,18,20). The lowest BCUT2D eigenvalue weighted by Gasteiger charge is -2.34. The molecule has 1 saturated heterocycles. The zero-order chi connectivity index (χ0) is 14.1. The highest BCUT2D eigenvalue weighted by Crippen LogP contribution is 2.49. The fourth-order valence-corrected chi connectivity index (χ4v) is 4.59. The maximum atomic E-state index is 12.4. The molecular formula is C16H29N3O. The van der Waals surface area contributed by atoms with Crippen molar-refractivity contribution < 1.29 is 4.79 Å². The molecule has 5 atom stereocenters. The molecule has 1 heterocycles. The largest absolute Gasteiger partial charge is 0.352 e. The summed E-state index contributed by atoms with van der Waals surface area (Å²) in [7, 11) is 0. The van der Waals surface area contributed by atoms with Crippen molar-refractivity contribution in [1.29, 1.82) is 0 Å². The van der Waals surface area contributed by atoms with E-state index in [0.29, 0.717) is 6.04 Å². The molecule has 3 aliphatic rings. The molecule has 1 amide bonds. The molecule has 0 aromatic carbocycles. The van der Waals surface area contributed by atoms with Crippen molar-refractivity contribution in [3.63, 3.8) is 0 Å². The minimum atomic E-state index is 0.0122. The Morgan fingerprint density at radius 1 is 1.20 bits per heavy atom. The molecule has 4 nitrogen and oxygen atoms in total. The molecule has 2 N–H and O–H groups in total. The first kappa shape index (κ1) is 14.3. The van der Waals surface area contributed by atoms with Crippen LogP contribution in [0.4, 0.5) is 0 Å². The lowest BCUT2D eigenvalue weighted by Crippen LogP contribution is -2.54. The highest BCUT2D eigenvalue weighted by molar-refractivity contribution is 5.81. The molecule has 0 aromatic heterocycles. The van der Waals surface area contributed by atoms with E-state index >= 15 is 0 Å². The number of hydrogen-bond donors (Lipinski definition) is 2. The van der Waals surface area contributed by atoms with Gasteiger partial charge in [-0.05, 0) is 50.9 Å². The van der Waals surface area contributed by atoms with Gasteiger partial charge >= 0.3 is 0 Å². The minimum absolute atomic E-state index is 0.0122. The van der Waals surface area contributed by atoms with Gasteiger partial charge in [0.15, 0.2) is 0 Å². The number of fused-ring (bicyclic) bond motifs is 2. The Labute approximate surface area is 122 Å². The van der Waals surface area contributed by atoms with E-state index in [1.807, 2.05) is 6.92 Å². The molecule has 5 unspecified atom stereocenters. The summed E-state index contributed by atoms with van der Waals surface area (Å²) in [4.78, 5) is 14.7. The molecule has 3 fully saturated rings. The second kappa shape index (κ2) is 6.02. The number of nitrogens with one attached hydrogen (secondary N) is 2. The molecule has 114 valence electrons. The van der Waals surface area contributed by atoms with Gasteiger partial charge in [-0.15, -0.1) is 0 Å². The summed E-state index contributed by atoms with van der Waals surface area (Å²) in [5.41, 5.74) is 0. The quantitative estimate of drug-likeness (QED) is 0.813. The van der Waals surface area contributed by atoms with Crippen molar-refractivity contribution in [2.45, 2.75) is 51.6 Å². The Balaban J connectivity index is 1.50. The molecule has 3 rings (SSSR count). The van der Waals surface area contributed by atoms with E-state index in [1.54, 1.807) is 0 Å². The summed E-state index contributed by atoms with van der Waals surface area (Å²) < 4.78 is 0. The Kier molecular flexibility index (Phi) is 4.32. The zero-order valence-corrected chi connectivity index (χ0v) is 12.9. The second-order valence-electron chi connectivity index (χ2n) is 7.10. The maximum Gasteiger partial charge on any atom is 0.237 e. The van der Waals surface area contributed by atoms with E-state index in [0.717, 1.165) is 43.9 Å². The summed E-state index contributed by atoms with van der Waals surface area (Å²) in [5, 5.41) is 6.64. The first-order chi connectivity index (χ1) is 9.65. The normalized spacial score (nSPS) is 36.8. The SMILES string of the molecule is CC(NC(=O)C(C)N1CCNCC1)C1CC2CCC1C2. The molecule has 0 spiro atoms. The monoisotopic (exact) mass is 279 g/mol. The van der Waals surface area contributed by atoms with Crippen LogP contribution < -0.4 is 10.6 Å². The van der Waals surface area contributed by atoms with E-state index < -0.39 is 0 Å². The molecule has 2 aliphatic carbocycles. The number of hydrogen-bond acceptors (Lipinski definition) is 3. The molecule has 4 heteroatoms. The van der Waals surface area contributed by atoms with Gasteiger partial charge in [-0.2, -0.15) is 0 Å². The Morgan fingerprint density at radius 3 is 2.55 bits per heavy atom. The second-order valence-corrected chi connectivity index (χ2v) is 7.10. The van der Waals surface area contributed by atoms with Crippen molar-refractivity contribution in [1.82, 2.24) is 15.5 Å². The maximum absolute atomic E-state index is 12.4. The Morgan fingerprint density at radius 2 is 1.95 bits per heavy atom. The average Bonchev–Trinajstić information content (AvgIpc) is 3.10. The molecular weight excluding hydrogens is 250 g/mol. The number of piperazine rings is 1. The Hall–Kier alpha value is -0.610. The molecule has 0 radical (unpaired) electrons. The predicted molar refractivity (Wildman–Crippen MR) is 80.4 cm³/mol. The van der Waals surface area contributed by atoms with E-state index in [-0.39, 0.29) is 11.9 Å². The summed E-state index contributed by atoms with van der Waals surface area (Å²) in [6, 6.07) is 0.362. The van der Waals surface area contributed by atoms with Crippen molar-refractivity contribution in [2.24, 2.45) is 17.8 Å². The summed E-state index contributed by atoms with van der Waals surface area (Å²) in [5.74, 6) is 2.79. The smallest absolute Gasteiger partial charge is 0.237 e. The summed E-state index contributed by atoms with van der Waals surface area (Å²) in [6.45, 7) is 8.23. The van der Waals surface area contributed by atoms with Gasteiger partial charge in [-0.25, -0.2) is 0 Å². The van der Waals surface area contributed by atoms with E-state index in [2.05, 4.69) is 22.5 Å². The lowest BCUT2D eigenvalue weighted by molar-refractivity contribution is -0.127. The van der Waals surface area contributed by atoms with E-state index in [1.165, 1.54) is 25.7 Å². The topological polar surface area (TPSA) is 44.4 Å². The van der Waals surface area contributed by atoms with Gasteiger partial charge in [-0.3, -0.25) is 9.69 Å². The molecule has 20 heavy (non-hydrogen) atoms. The van der Waals surface area contributed by atoms with Crippen LogP contribution in [0.2, 0.25) is 0 Å². The fraction of sp³-hybridized carbons (Fsp3) is 0.938. The van der Waals surface area contributed by atoms with Crippen LogP contribution >= 0.6 is 0 Å². The fourth-order valence-electron chi connectivity index (χ4n) is 4.59. The van der Waals surface area contributed by atoms with Gasteiger partial charge < -0.3 is 10.6 Å². The van der Waals surface area contributed by atoms with Crippen LogP contribution in [0.5, 0.6) is 0 Å². The first-order valence-corrected chi connectivity index (χ1v) is 8.40. The zero-order valence-electron chi connectivity index (χ0n) is 12.9. The van der Waals surface area contributed by atoms with Crippen LogP contribution in [0.1, 0.15) is 39.5 Å². The van der Waals surface area contributed by atoms with Crippen LogP contribution in [-0.2, 0) is 4.79 Å². The third-order valence-corrected chi connectivity index (χ3v) is 5.88. The molecule has 1 aliphatic heterocycles. The van der Waals surface area contributed by atoms with Gasteiger partial charge in [-0.1, -0.05) is 6.42 Å². The Bertz CT molecular complexity index is 354. The first-order valence-electron chi connectivity index (χ1n) is 8.40. The van der Waals surface area contributed by atoms with E-state index in [9.17, 15) is 4.79 Å². The average molecular weight is 279 g/mol. The van der Waals surface area contributed by atoms with Crippen LogP contribution in [0.25, 0.3) is 0 Å². The van der Waals surface area contributed by atoms with E-state index in [4.69, 9.17) is 0 Å². The molecule has 0 aromatic rings. The summed E-state index contributed by atoms with van der Waals surface area (Å²) >= 11 is 0. The van der Waals surface area contributed by atoms with Gasteiger partial charge in [0.05, 0.1) is 6.04 Å². The van der Waals surface area contributed by atoms with Gasteiger partial charge in [0.2, 0.25) is 5.91 Å². The van der Waals surface area contributed by atoms with Crippen LogP contribution in [0, 0.1) is 17.8 Å². The molecule has 2 bridgehead atoms. The number of carbonyl (C=O) groups is 1. The number of carbonyl (C=O) groups excluding carboxylic acids is 1. The summed E-state index contributed by atoms with van der Waals surface area (Å²) in [6.07, 6.45) is 5.58. The third-order valence-electron chi connectivity index (χ3n) is 5.88. The number of nitrogens with zero attached hydrogens (tertiary/aromatic N) is 1. The minimum Gasteiger partial charge on any atom is -0.352 e. The van der Waals surface area contributed by atoms with Crippen molar-refractivity contribution in [2.75, 3.05) is 26.2 Å². The van der Waals surface area contributed by atoms with Crippen molar-refractivity contribution >= 4 is 5.91 Å². The number of rotatable bonds is 4. The predicted octanol–water partition coefficient (Wildman–Crippen LogP) is 1.22. The van der Waals surface area contributed by atoms with Crippen molar-refractivity contribution in [3.05, 3.63) is 0 Å². The highest BCUT2D eigenvalue weighted by atomic mass is 16.2. The van der Waals surface area contributed by atoms with Gasteiger partial charge in [0, 0.05) is 32.2 Å².